The van der Waals surface area contributed by atoms with Gasteiger partial charge in [0.1, 0.15) is 0 Å². The number of sulfone groups is 2. The van der Waals surface area contributed by atoms with Gasteiger partial charge in [0.15, 0.2) is 19.7 Å². The minimum Gasteiger partial charge on any atom is -0.469 e. The van der Waals surface area contributed by atoms with Gasteiger partial charge in [0.2, 0.25) is 0 Å². The summed E-state index contributed by atoms with van der Waals surface area (Å²) in [6.45, 7) is 3.81. The third-order valence-corrected chi connectivity index (χ3v) is 6.15. The number of methoxy groups -OCH3 is 1. The molecule has 0 aromatic rings. The molecule has 0 spiro atoms. The van der Waals surface area contributed by atoms with E-state index in [2.05, 4.69) is 4.74 Å². The zero-order chi connectivity index (χ0) is 15.1. The Labute approximate surface area is 115 Å². The Morgan fingerprint density at radius 1 is 0.947 bits per heavy atom. The molecule has 0 saturated carbocycles. The van der Waals surface area contributed by atoms with Gasteiger partial charge in [-0.3, -0.25) is 4.79 Å². The number of carbonyl (C=O) groups is 1. The van der Waals surface area contributed by atoms with Crippen LogP contribution in [0.25, 0.3) is 0 Å². The van der Waals surface area contributed by atoms with E-state index in [1.807, 2.05) is 13.8 Å². The summed E-state index contributed by atoms with van der Waals surface area (Å²) in [5.74, 6) is -1.57. The van der Waals surface area contributed by atoms with Crippen molar-refractivity contribution >= 4 is 25.6 Å². The van der Waals surface area contributed by atoms with E-state index in [-0.39, 0.29) is 29.6 Å². The molecule has 19 heavy (non-hydrogen) atoms. The Morgan fingerprint density at radius 2 is 1.42 bits per heavy atom. The zero-order valence-electron chi connectivity index (χ0n) is 11.6. The summed E-state index contributed by atoms with van der Waals surface area (Å²) in [6.07, 6.45) is 0.273. The molecule has 0 unspecified atom stereocenters. The van der Waals surface area contributed by atoms with Gasteiger partial charge in [-0.15, -0.1) is 0 Å². The van der Waals surface area contributed by atoms with Gasteiger partial charge in [-0.2, -0.15) is 0 Å². The minimum absolute atomic E-state index is 0.00279. The Hall–Kier alpha value is -0.630. The number of ether oxygens (including phenoxy) is 1. The Balaban J connectivity index is 4.26. The number of carbonyl (C=O) groups excluding carboxylic acids is 1. The fourth-order valence-electron chi connectivity index (χ4n) is 1.21. The number of esters is 1. The topological polar surface area (TPSA) is 94.6 Å². The minimum atomic E-state index is -3.54. The second kappa shape index (κ2) is 7.84. The van der Waals surface area contributed by atoms with Crippen molar-refractivity contribution in [2.24, 2.45) is 5.92 Å². The van der Waals surface area contributed by atoms with E-state index in [4.69, 9.17) is 0 Å². The molecule has 0 N–H and O–H groups in total. The Kier molecular flexibility index (Phi) is 7.58. The van der Waals surface area contributed by atoms with Crippen molar-refractivity contribution in [3.05, 3.63) is 0 Å². The van der Waals surface area contributed by atoms with Crippen molar-refractivity contribution in [2.45, 2.75) is 26.7 Å². The van der Waals surface area contributed by atoms with Crippen LogP contribution >= 0.6 is 0 Å². The molecule has 0 aromatic carbocycles. The molecule has 6 nitrogen and oxygen atoms in total. The van der Waals surface area contributed by atoms with Gasteiger partial charge in [-0.05, 0) is 12.3 Å². The lowest BCUT2D eigenvalue weighted by Gasteiger charge is -2.07. The molecule has 0 heterocycles. The monoisotopic (exact) mass is 314 g/mol. The third-order valence-electron chi connectivity index (χ3n) is 2.56. The van der Waals surface area contributed by atoms with Crippen LogP contribution < -0.4 is 0 Å². The van der Waals surface area contributed by atoms with Gasteiger partial charge in [-0.1, -0.05) is 13.8 Å². The molecular weight excluding hydrogens is 292 g/mol. The molecule has 114 valence electrons. The van der Waals surface area contributed by atoms with Crippen molar-refractivity contribution in [3.63, 3.8) is 0 Å². The van der Waals surface area contributed by atoms with Gasteiger partial charge < -0.3 is 4.74 Å². The van der Waals surface area contributed by atoms with Crippen molar-refractivity contribution in [2.75, 3.05) is 30.1 Å². The molecule has 0 radical (unpaired) electrons. The molecule has 0 aliphatic heterocycles. The molecule has 0 aromatic heterocycles. The molecule has 0 atom stereocenters. The van der Waals surface area contributed by atoms with E-state index in [1.54, 1.807) is 0 Å². The quantitative estimate of drug-likeness (QED) is 0.573. The maximum Gasteiger partial charge on any atom is 0.306 e. The van der Waals surface area contributed by atoms with Crippen molar-refractivity contribution < 1.29 is 26.4 Å². The molecule has 0 amide bonds. The fraction of sp³-hybridized carbons (Fsp3) is 0.909. The number of rotatable bonds is 9. The van der Waals surface area contributed by atoms with Crippen LogP contribution in [0.2, 0.25) is 0 Å². The van der Waals surface area contributed by atoms with E-state index >= 15 is 0 Å². The van der Waals surface area contributed by atoms with Crippen LogP contribution in [-0.4, -0.2) is 52.9 Å². The predicted molar refractivity (Wildman–Crippen MR) is 73.4 cm³/mol. The largest absolute Gasteiger partial charge is 0.469 e. The molecule has 0 rings (SSSR count). The van der Waals surface area contributed by atoms with E-state index < -0.39 is 31.4 Å². The Bertz CT molecular complexity index is 475. The summed E-state index contributed by atoms with van der Waals surface area (Å²) in [4.78, 5) is 10.8. The van der Waals surface area contributed by atoms with Gasteiger partial charge >= 0.3 is 5.97 Å². The molecule has 0 aliphatic rings. The molecule has 0 fully saturated rings. The normalized spacial score (nSPS) is 12.6. The maximum atomic E-state index is 11.6. The van der Waals surface area contributed by atoms with E-state index in [0.29, 0.717) is 6.42 Å². The summed E-state index contributed by atoms with van der Waals surface area (Å²) in [5.41, 5.74) is 0. The van der Waals surface area contributed by atoms with Gasteiger partial charge in [0, 0.05) is 0 Å². The lowest BCUT2D eigenvalue weighted by Crippen LogP contribution is -2.23. The predicted octanol–water partition coefficient (Wildman–Crippen LogP) is 0.425. The SMILES string of the molecule is COC(=O)CCS(=O)(=O)CCS(=O)(=O)CCC(C)C. The molecule has 0 bridgehead atoms. The van der Waals surface area contributed by atoms with E-state index in [1.165, 1.54) is 7.11 Å². The van der Waals surface area contributed by atoms with Gasteiger partial charge in [0.05, 0.1) is 36.5 Å². The molecule has 0 aliphatic carbocycles. The first-order chi connectivity index (χ1) is 8.58. The first-order valence-corrected chi connectivity index (χ1v) is 9.70. The second-order valence-electron chi connectivity index (χ2n) is 4.81. The van der Waals surface area contributed by atoms with Crippen molar-refractivity contribution in [1.29, 1.82) is 0 Å². The number of hydrogen-bond donors (Lipinski definition) is 0. The summed E-state index contributed by atoms with van der Waals surface area (Å²) in [6, 6.07) is 0. The van der Waals surface area contributed by atoms with Gasteiger partial charge in [-0.25, -0.2) is 16.8 Å². The highest BCUT2D eigenvalue weighted by Gasteiger charge is 2.19. The fourth-order valence-corrected chi connectivity index (χ4v) is 4.96. The highest BCUT2D eigenvalue weighted by Crippen LogP contribution is 2.05. The average Bonchev–Trinajstić information content (AvgIpc) is 2.32. The molecule has 8 heteroatoms. The number of hydrogen-bond acceptors (Lipinski definition) is 6. The average molecular weight is 314 g/mol. The summed E-state index contributed by atoms with van der Waals surface area (Å²) in [5, 5.41) is 0. The third kappa shape index (κ3) is 9.89. The maximum absolute atomic E-state index is 11.6. The standard InChI is InChI=1S/C11H22O6S2/c1-10(2)4-6-18(13,14)8-9-19(15,16)7-5-11(12)17-3/h10H,4-9H2,1-3H3. The highest BCUT2D eigenvalue weighted by atomic mass is 32.2. The Morgan fingerprint density at radius 3 is 1.84 bits per heavy atom. The van der Waals surface area contributed by atoms with E-state index in [9.17, 15) is 21.6 Å². The van der Waals surface area contributed by atoms with Crippen LogP contribution in [0, 0.1) is 5.92 Å². The first-order valence-electron chi connectivity index (χ1n) is 6.05. The van der Waals surface area contributed by atoms with Crippen LogP contribution in [0.5, 0.6) is 0 Å². The smallest absolute Gasteiger partial charge is 0.306 e. The summed E-state index contributed by atoms with van der Waals surface area (Å²) in [7, 11) is -5.72. The van der Waals surface area contributed by atoms with Crippen LogP contribution in [0.15, 0.2) is 0 Å². The van der Waals surface area contributed by atoms with Crippen LogP contribution in [0.4, 0.5) is 0 Å². The lowest BCUT2D eigenvalue weighted by molar-refractivity contribution is -0.140. The highest BCUT2D eigenvalue weighted by molar-refractivity contribution is 7.95. The van der Waals surface area contributed by atoms with Crippen molar-refractivity contribution in [3.8, 4) is 0 Å². The van der Waals surface area contributed by atoms with E-state index in [0.717, 1.165) is 0 Å². The van der Waals surface area contributed by atoms with Crippen LogP contribution in [0.3, 0.4) is 0 Å². The lowest BCUT2D eigenvalue weighted by atomic mass is 10.2. The summed E-state index contributed by atoms with van der Waals surface area (Å²) >= 11 is 0. The first kappa shape index (κ1) is 18.4. The molecular formula is C11H22O6S2. The zero-order valence-corrected chi connectivity index (χ0v) is 13.2. The second-order valence-corrected chi connectivity index (χ2v) is 9.42. The summed E-state index contributed by atoms with van der Waals surface area (Å²) < 4.78 is 50.7. The molecule has 0 saturated heterocycles. The van der Waals surface area contributed by atoms with Gasteiger partial charge in [0.25, 0.3) is 0 Å². The van der Waals surface area contributed by atoms with Crippen LogP contribution in [0.1, 0.15) is 26.7 Å². The van der Waals surface area contributed by atoms with Crippen molar-refractivity contribution in [1.82, 2.24) is 0 Å². The van der Waals surface area contributed by atoms with Crippen LogP contribution in [-0.2, 0) is 29.2 Å².